The number of rotatable bonds is 11. The third-order valence-electron chi connectivity index (χ3n) is 7.84. The minimum absolute atomic E-state index is 0.0127. The van der Waals surface area contributed by atoms with Crippen molar-refractivity contribution in [1.82, 2.24) is 10.2 Å². The van der Waals surface area contributed by atoms with Crippen molar-refractivity contribution in [3.63, 3.8) is 0 Å². The van der Waals surface area contributed by atoms with Gasteiger partial charge in [-0.25, -0.2) is 8.42 Å². The smallest absolute Gasteiger partial charge is 0.352 e. The number of hydrogen-bond acceptors (Lipinski definition) is 4. The number of hydrogen-bond donors (Lipinski definition) is 1. The minimum Gasteiger partial charge on any atom is -0.352 e. The Morgan fingerprint density at radius 3 is 2.25 bits per heavy atom. The van der Waals surface area contributed by atoms with Crippen molar-refractivity contribution in [2.24, 2.45) is 0 Å². The van der Waals surface area contributed by atoms with E-state index in [2.05, 4.69) is 5.32 Å². The zero-order chi connectivity index (χ0) is 31.9. The summed E-state index contributed by atoms with van der Waals surface area (Å²) in [5.41, 5.74) is 0.309. The van der Waals surface area contributed by atoms with Crippen LogP contribution in [-0.2, 0) is 32.3 Å². The van der Waals surface area contributed by atoms with Crippen LogP contribution in [0.2, 0.25) is 0 Å². The van der Waals surface area contributed by atoms with Crippen molar-refractivity contribution in [1.29, 1.82) is 0 Å². The molecule has 1 atom stereocenters. The maximum absolute atomic E-state index is 14.2. The summed E-state index contributed by atoms with van der Waals surface area (Å²) in [6.45, 7) is 2.87. The van der Waals surface area contributed by atoms with Gasteiger partial charge in [0.2, 0.25) is 11.8 Å². The molecule has 1 aliphatic carbocycles. The van der Waals surface area contributed by atoms with Gasteiger partial charge in [-0.05, 0) is 62.1 Å². The Bertz CT molecular complexity index is 1540. The number of carbonyl (C=O) groups is 2. The predicted molar refractivity (Wildman–Crippen MR) is 163 cm³/mol. The summed E-state index contributed by atoms with van der Waals surface area (Å²) in [5.74, 6) is -1.05. The fraction of sp³-hybridized carbons (Fsp3) is 0.394. The average molecular weight is 630 g/mol. The summed E-state index contributed by atoms with van der Waals surface area (Å²) >= 11 is 0. The number of carbonyl (C=O) groups excluding carboxylic acids is 2. The highest BCUT2D eigenvalue weighted by Crippen LogP contribution is 2.33. The molecular formula is C33H38F3N3O4S. The van der Waals surface area contributed by atoms with Crippen molar-refractivity contribution >= 4 is 27.5 Å². The lowest BCUT2D eigenvalue weighted by atomic mass is 9.95. The van der Waals surface area contributed by atoms with Crippen LogP contribution in [0.5, 0.6) is 0 Å². The molecule has 11 heteroatoms. The van der Waals surface area contributed by atoms with Crippen LogP contribution in [0.4, 0.5) is 18.9 Å². The van der Waals surface area contributed by atoms with Gasteiger partial charge in [-0.2, -0.15) is 13.2 Å². The first-order valence-corrected chi connectivity index (χ1v) is 16.2. The van der Waals surface area contributed by atoms with E-state index in [9.17, 15) is 31.2 Å². The number of alkyl halides is 3. The summed E-state index contributed by atoms with van der Waals surface area (Å²) < 4.78 is 69.4. The molecule has 0 radical (unpaired) electrons. The summed E-state index contributed by atoms with van der Waals surface area (Å²) in [5, 5.41) is 3.08. The molecule has 1 saturated carbocycles. The molecule has 1 N–H and O–H groups in total. The van der Waals surface area contributed by atoms with E-state index in [1.54, 1.807) is 13.0 Å². The molecule has 0 aromatic heterocycles. The molecule has 1 fully saturated rings. The maximum Gasteiger partial charge on any atom is 0.416 e. The Morgan fingerprint density at radius 2 is 1.61 bits per heavy atom. The van der Waals surface area contributed by atoms with Gasteiger partial charge in [0, 0.05) is 12.6 Å². The second-order valence-electron chi connectivity index (χ2n) is 11.2. The number of sulfonamides is 1. The van der Waals surface area contributed by atoms with Gasteiger partial charge < -0.3 is 10.2 Å². The molecule has 1 aliphatic rings. The number of benzene rings is 3. The first kappa shape index (κ1) is 33.0. The van der Waals surface area contributed by atoms with E-state index in [4.69, 9.17) is 0 Å². The van der Waals surface area contributed by atoms with Crippen LogP contribution in [0.25, 0.3) is 0 Å². The van der Waals surface area contributed by atoms with Gasteiger partial charge in [-0.1, -0.05) is 80.3 Å². The molecule has 0 heterocycles. The molecule has 0 aliphatic heterocycles. The molecule has 3 aromatic carbocycles. The Morgan fingerprint density at radius 1 is 0.932 bits per heavy atom. The van der Waals surface area contributed by atoms with Gasteiger partial charge >= 0.3 is 6.18 Å². The van der Waals surface area contributed by atoms with Crippen LogP contribution >= 0.6 is 0 Å². The molecule has 44 heavy (non-hydrogen) atoms. The van der Waals surface area contributed by atoms with Crippen molar-refractivity contribution in [2.45, 2.75) is 82.1 Å². The number of nitrogens with zero attached hydrogens (tertiary/aromatic N) is 2. The highest BCUT2D eigenvalue weighted by Gasteiger charge is 2.36. The fourth-order valence-electron chi connectivity index (χ4n) is 5.56. The van der Waals surface area contributed by atoms with Gasteiger partial charge in [0.25, 0.3) is 10.0 Å². The van der Waals surface area contributed by atoms with Crippen LogP contribution in [0.15, 0.2) is 83.8 Å². The standard InChI is InChI=1S/C33H38F3N3O4S/c1-3-30(32(41)37-27-15-6-4-7-16-27)38(22-25-13-10-12-24(2)20-25)31(40)23-39(44(42,43)29-18-8-5-9-19-29)28-17-11-14-26(21-28)33(34,35)36/h5,8-14,17-21,27,30H,3-4,6-7,15-16,22-23H2,1-2H3,(H,37,41)/t30-/m1/s1. The Balaban J connectivity index is 1.74. The van der Waals surface area contributed by atoms with Crippen molar-refractivity contribution < 1.29 is 31.2 Å². The van der Waals surface area contributed by atoms with Crippen LogP contribution in [-0.4, -0.2) is 43.8 Å². The maximum atomic E-state index is 14.2. The molecule has 0 unspecified atom stereocenters. The van der Waals surface area contributed by atoms with Crippen molar-refractivity contribution in [2.75, 3.05) is 10.8 Å². The van der Waals surface area contributed by atoms with Crippen molar-refractivity contribution in [3.8, 4) is 0 Å². The Labute approximate surface area is 257 Å². The first-order chi connectivity index (χ1) is 20.9. The minimum atomic E-state index is -4.73. The van der Waals surface area contributed by atoms with E-state index in [1.165, 1.54) is 35.2 Å². The summed E-state index contributed by atoms with van der Waals surface area (Å²) in [6.07, 6.45) is 0.297. The normalized spacial score (nSPS) is 14.9. The van der Waals surface area contributed by atoms with Crippen molar-refractivity contribution in [3.05, 3.63) is 95.6 Å². The lowest BCUT2D eigenvalue weighted by Crippen LogP contribution is -2.54. The predicted octanol–water partition coefficient (Wildman–Crippen LogP) is 6.47. The summed E-state index contributed by atoms with van der Waals surface area (Å²) in [6, 6.07) is 17.6. The Hall–Kier alpha value is -3.86. The zero-order valence-corrected chi connectivity index (χ0v) is 25.7. The first-order valence-electron chi connectivity index (χ1n) is 14.8. The van der Waals surface area contributed by atoms with Crippen LogP contribution in [0.3, 0.4) is 0 Å². The van der Waals surface area contributed by atoms with Gasteiger partial charge in [-0.15, -0.1) is 0 Å². The van der Waals surface area contributed by atoms with Crippen LogP contribution < -0.4 is 9.62 Å². The summed E-state index contributed by atoms with van der Waals surface area (Å²) in [7, 11) is -4.48. The number of aryl methyl sites for hydroxylation is 1. The van der Waals surface area contributed by atoms with E-state index in [0.29, 0.717) is 10.4 Å². The fourth-order valence-corrected chi connectivity index (χ4v) is 6.98. The van der Waals surface area contributed by atoms with E-state index in [0.717, 1.165) is 55.4 Å². The number of nitrogens with one attached hydrogen (secondary N) is 1. The lowest BCUT2D eigenvalue weighted by molar-refractivity contribution is -0.140. The molecule has 0 bridgehead atoms. The number of halogens is 3. The molecule has 0 saturated heterocycles. The SMILES string of the molecule is CC[C@H](C(=O)NC1CCCCC1)N(Cc1cccc(C)c1)C(=O)CN(c1cccc(C(F)(F)F)c1)S(=O)(=O)c1ccccc1. The van der Waals surface area contributed by atoms with E-state index in [-0.39, 0.29) is 35.5 Å². The molecule has 7 nitrogen and oxygen atoms in total. The number of anilines is 1. The monoisotopic (exact) mass is 629 g/mol. The van der Waals surface area contributed by atoms with Crippen LogP contribution in [0.1, 0.15) is 62.1 Å². The molecule has 236 valence electrons. The van der Waals surface area contributed by atoms with Gasteiger partial charge in [0.05, 0.1) is 16.1 Å². The molecule has 2 amide bonds. The molecular weight excluding hydrogens is 591 g/mol. The quantitative estimate of drug-likeness (QED) is 0.264. The van der Waals surface area contributed by atoms with Gasteiger partial charge in [0.1, 0.15) is 12.6 Å². The number of amides is 2. The van der Waals surface area contributed by atoms with E-state index < -0.39 is 40.3 Å². The highest BCUT2D eigenvalue weighted by molar-refractivity contribution is 7.92. The van der Waals surface area contributed by atoms with Gasteiger partial charge in [-0.3, -0.25) is 13.9 Å². The van der Waals surface area contributed by atoms with E-state index in [1.807, 2.05) is 31.2 Å². The lowest BCUT2D eigenvalue weighted by Gasteiger charge is -2.34. The zero-order valence-electron chi connectivity index (χ0n) is 24.9. The third kappa shape index (κ3) is 8.19. The summed E-state index contributed by atoms with van der Waals surface area (Å²) in [4.78, 5) is 29.0. The van der Waals surface area contributed by atoms with Crippen LogP contribution in [0, 0.1) is 6.92 Å². The second kappa shape index (κ2) is 14.3. The van der Waals surface area contributed by atoms with Gasteiger partial charge in [0.15, 0.2) is 0 Å². The largest absolute Gasteiger partial charge is 0.416 e. The third-order valence-corrected chi connectivity index (χ3v) is 9.63. The topological polar surface area (TPSA) is 86.8 Å². The second-order valence-corrected chi connectivity index (χ2v) is 13.0. The average Bonchev–Trinajstić information content (AvgIpc) is 3.00. The molecule has 4 rings (SSSR count). The molecule has 0 spiro atoms. The highest BCUT2D eigenvalue weighted by atomic mass is 32.2. The molecule has 3 aromatic rings. The Kier molecular flexibility index (Phi) is 10.7. The van der Waals surface area contributed by atoms with E-state index >= 15 is 0 Å².